The molecule has 3 N–H and O–H groups in total. The molecule has 28 heavy (non-hydrogen) atoms. The first kappa shape index (κ1) is 19.4. The number of nitrogens with zero attached hydrogens (tertiary/aromatic N) is 2. The number of amides is 2. The fourth-order valence-electron chi connectivity index (χ4n) is 2.30. The van der Waals surface area contributed by atoms with Crippen molar-refractivity contribution in [2.45, 2.75) is 12.1 Å². The Hall–Kier alpha value is -3.39. The van der Waals surface area contributed by atoms with Crippen molar-refractivity contribution in [3.63, 3.8) is 0 Å². The summed E-state index contributed by atoms with van der Waals surface area (Å²) in [6, 6.07) is 16.8. The van der Waals surface area contributed by atoms with E-state index in [0.29, 0.717) is 22.4 Å². The molecule has 142 valence electrons. The van der Waals surface area contributed by atoms with Gasteiger partial charge in [-0.3, -0.25) is 14.7 Å². The number of carbonyl (C=O) groups excluding carboxylic acids is 2. The molecule has 8 heteroatoms. The lowest BCUT2D eigenvalue weighted by molar-refractivity contribution is -0.114. The predicted molar refractivity (Wildman–Crippen MR) is 112 cm³/mol. The van der Waals surface area contributed by atoms with Gasteiger partial charge in [0.2, 0.25) is 17.0 Å². The molecular formula is C20H19N5O2S. The summed E-state index contributed by atoms with van der Waals surface area (Å²) in [5.41, 5.74) is 2.40. The van der Waals surface area contributed by atoms with E-state index in [-0.39, 0.29) is 17.6 Å². The minimum absolute atomic E-state index is 0.141. The minimum atomic E-state index is -0.163. The fraction of sp³-hybridized carbons (Fsp3) is 0.100. The highest BCUT2D eigenvalue weighted by Gasteiger charge is 2.07. The molecule has 0 atom stereocenters. The van der Waals surface area contributed by atoms with Crippen LogP contribution in [0.5, 0.6) is 0 Å². The number of thioether (sulfide) groups is 1. The number of hydrogen-bond acceptors (Lipinski definition) is 5. The summed E-state index contributed by atoms with van der Waals surface area (Å²) in [7, 11) is 0. The Balaban J connectivity index is 1.47. The van der Waals surface area contributed by atoms with Crippen molar-refractivity contribution in [3.8, 4) is 0 Å². The van der Waals surface area contributed by atoms with Gasteiger partial charge in [-0.05, 0) is 35.9 Å². The highest BCUT2D eigenvalue weighted by molar-refractivity contribution is 7.99. The second-order valence-corrected chi connectivity index (χ2v) is 6.79. The van der Waals surface area contributed by atoms with E-state index < -0.39 is 0 Å². The van der Waals surface area contributed by atoms with Gasteiger partial charge < -0.3 is 10.6 Å². The van der Waals surface area contributed by atoms with Crippen LogP contribution in [0.4, 0.5) is 11.4 Å². The lowest BCUT2D eigenvalue weighted by Gasteiger charge is -2.06. The highest BCUT2D eigenvalue weighted by Crippen LogP contribution is 2.16. The zero-order valence-corrected chi connectivity index (χ0v) is 16.0. The Labute approximate surface area is 166 Å². The molecule has 3 rings (SSSR count). The number of benzene rings is 2. The fourth-order valence-corrected chi connectivity index (χ4v) is 2.91. The third kappa shape index (κ3) is 6.10. The SMILES string of the molecule is CC(=O)Nc1ccc(NC(=O)CSc2n[nH]c(/C=C/c3ccccc3)n2)cc1. The van der Waals surface area contributed by atoms with Crippen LogP contribution in [-0.4, -0.2) is 32.7 Å². The van der Waals surface area contributed by atoms with Gasteiger partial charge in [-0.2, -0.15) is 0 Å². The normalized spacial score (nSPS) is 10.8. The van der Waals surface area contributed by atoms with Gasteiger partial charge >= 0.3 is 0 Å². The molecule has 0 spiro atoms. The molecule has 0 saturated carbocycles. The summed E-state index contributed by atoms with van der Waals surface area (Å²) in [5.74, 6) is 0.508. The Kier molecular flexibility index (Phi) is 6.59. The summed E-state index contributed by atoms with van der Waals surface area (Å²) >= 11 is 1.25. The van der Waals surface area contributed by atoms with Crippen LogP contribution in [0.2, 0.25) is 0 Å². The summed E-state index contributed by atoms with van der Waals surface area (Å²) in [6.07, 6.45) is 3.77. The second kappa shape index (κ2) is 9.52. The first-order chi connectivity index (χ1) is 13.6. The topological polar surface area (TPSA) is 99.8 Å². The summed E-state index contributed by atoms with van der Waals surface area (Å²) in [5, 5.41) is 12.9. The molecule has 3 aromatic rings. The quantitative estimate of drug-likeness (QED) is 0.532. The zero-order valence-electron chi connectivity index (χ0n) is 15.2. The van der Waals surface area contributed by atoms with Crippen LogP contribution in [-0.2, 0) is 9.59 Å². The molecule has 0 unspecified atom stereocenters. The van der Waals surface area contributed by atoms with E-state index in [0.717, 1.165) is 5.56 Å². The molecule has 0 aliphatic carbocycles. The number of carbonyl (C=O) groups is 2. The van der Waals surface area contributed by atoms with Crippen molar-refractivity contribution in [2.24, 2.45) is 0 Å². The smallest absolute Gasteiger partial charge is 0.234 e. The Morgan fingerprint density at radius 3 is 2.36 bits per heavy atom. The third-order valence-corrected chi connectivity index (χ3v) is 4.38. The number of anilines is 2. The highest BCUT2D eigenvalue weighted by atomic mass is 32.2. The minimum Gasteiger partial charge on any atom is -0.326 e. The molecule has 7 nitrogen and oxygen atoms in total. The van der Waals surface area contributed by atoms with Gasteiger partial charge in [-0.1, -0.05) is 48.2 Å². The van der Waals surface area contributed by atoms with Crippen LogP contribution >= 0.6 is 11.8 Å². The zero-order chi connectivity index (χ0) is 19.8. The van der Waals surface area contributed by atoms with Crippen molar-refractivity contribution in [1.82, 2.24) is 15.2 Å². The van der Waals surface area contributed by atoms with Gasteiger partial charge in [0.25, 0.3) is 0 Å². The molecule has 1 aromatic heterocycles. The molecule has 2 aromatic carbocycles. The maximum absolute atomic E-state index is 12.1. The maximum atomic E-state index is 12.1. The predicted octanol–water partition coefficient (Wildman–Crippen LogP) is 3.66. The lowest BCUT2D eigenvalue weighted by Crippen LogP contribution is -2.14. The average Bonchev–Trinajstić information content (AvgIpc) is 3.15. The van der Waals surface area contributed by atoms with Gasteiger partial charge in [0.15, 0.2) is 0 Å². The van der Waals surface area contributed by atoms with Crippen LogP contribution in [0.1, 0.15) is 18.3 Å². The van der Waals surface area contributed by atoms with E-state index in [1.165, 1.54) is 18.7 Å². The van der Waals surface area contributed by atoms with Crippen LogP contribution < -0.4 is 10.6 Å². The third-order valence-electron chi connectivity index (χ3n) is 3.54. The van der Waals surface area contributed by atoms with Crippen LogP contribution in [0.3, 0.4) is 0 Å². The number of hydrogen-bond donors (Lipinski definition) is 3. The lowest BCUT2D eigenvalue weighted by atomic mass is 10.2. The maximum Gasteiger partial charge on any atom is 0.234 e. The van der Waals surface area contributed by atoms with Crippen molar-refractivity contribution in [2.75, 3.05) is 16.4 Å². The summed E-state index contributed by atoms with van der Waals surface area (Å²) in [6.45, 7) is 1.44. The Morgan fingerprint density at radius 1 is 1.00 bits per heavy atom. The van der Waals surface area contributed by atoms with E-state index >= 15 is 0 Å². The number of aromatic nitrogens is 3. The van der Waals surface area contributed by atoms with Crippen LogP contribution in [0.15, 0.2) is 59.8 Å². The van der Waals surface area contributed by atoms with E-state index in [4.69, 9.17) is 0 Å². The Morgan fingerprint density at radius 2 is 1.68 bits per heavy atom. The second-order valence-electron chi connectivity index (χ2n) is 5.84. The van der Waals surface area contributed by atoms with Gasteiger partial charge in [-0.25, -0.2) is 4.98 Å². The van der Waals surface area contributed by atoms with Crippen molar-refractivity contribution >= 4 is 47.1 Å². The molecule has 0 radical (unpaired) electrons. The molecular weight excluding hydrogens is 374 g/mol. The van der Waals surface area contributed by atoms with Crippen LogP contribution in [0, 0.1) is 0 Å². The molecule has 0 aliphatic heterocycles. The number of nitrogens with one attached hydrogen (secondary N) is 3. The molecule has 0 fully saturated rings. The molecule has 1 heterocycles. The van der Waals surface area contributed by atoms with E-state index in [9.17, 15) is 9.59 Å². The summed E-state index contributed by atoms with van der Waals surface area (Å²) in [4.78, 5) is 27.4. The van der Waals surface area contributed by atoms with Crippen molar-refractivity contribution < 1.29 is 9.59 Å². The standard InChI is InChI=1S/C20H19N5O2S/c1-14(26)21-16-8-10-17(11-9-16)22-19(27)13-28-20-23-18(24-25-20)12-7-15-5-3-2-4-6-15/h2-12H,13H2,1H3,(H,21,26)(H,22,27)(H,23,24,25)/b12-7+. The van der Waals surface area contributed by atoms with Gasteiger partial charge in [0, 0.05) is 18.3 Å². The number of H-pyrrole nitrogens is 1. The van der Waals surface area contributed by atoms with E-state index in [1.54, 1.807) is 24.3 Å². The number of rotatable bonds is 7. The first-order valence-electron chi connectivity index (χ1n) is 8.54. The average molecular weight is 393 g/mol. The van der Waals surface area contributed by atoms with E-state index in [1.807, 2.05) is 42.5 Å². The van der Waals surface area contributed by atoms with Gasteiger partial charge in [0.05, 0.1) is 5.75 Å². The Bertz CT molecular complexity index is 968. The molecule has 2 amide bonds. The van der Waals surface area contributed by atoms with Gasteiger partial charge in [-0.15, -0.1) is 5.10 Å². The monoisotopic (exact) mass is 393 g/mol. The summed E-state index contributed by atoms with van der Waals surface area (Å²) < 4.78 is 0. The van der Waals surface area contributed by atoms with Crippen molar-refractivity contribution in [3.05, 3.63) is 66.0 Å². The van der Waals surface area contributed by atoms with Crippen LogP contribution in [0.25, 0.3) is 12.2 Å². The molecule has 0 saturated heterocycles. The molecule has 0 aliphatic rings. The number of aromatic amines is 1. The van der Waals surface area contributed by atoms with Crippen molar-refractivity contribution in [1.29, 1.82) is 0 Å². The molecule has 0 bridgehead atoms. The first-order valence-corrected chi connectivity index (χ1v) is 9.53. The van der Waals surface area contributed by atoms with E-state index in [2.05, 4.69) is 25.8 Å². The van der Waals surface area contributed by atoms with Gasteiger partial charge in [0.1, 0.15) is 5.82 Å². The largest absolute Gasteiger partial charge is 0.326 e.